The minimum atomic E-state index is 1.17. The van der Waals surface area contributed by atoms with Crippen LogP contribution in [0.3, 0.4) is 0 Å². The number of allylic oxidation sites excluding steroid dienone is 1. The molecule has 0 heterocycles. The summed E-state index contributed by atoms with van der Waals surface area (Å²) in [6, 6.07) is 40.3. The van der Waals surface area contributed by atoms with E-state index in [0.717, 1.165) is 0 Å². The van der Waals surface area contributed by atoms with Gasteiger partial charge in [-0.1, -0.05) is 109 Å². The molecule has 0 saturated carbocycles. The molecule has 8 rings (SSSR count). The van der Waals surface area contributed by atoms with Crippen LogP contribution in [0.2, 0.25) is 0 Å². The molecule has 0 N–H and O–H groups in total. The van der Waals surface area contributed by atoms with Crippen LogP contribution in [0.5, 0.6) is 0 Å². The van der Waals surface area contributed by atoms with Gasteiger partial charge in [-0.15, -0.1) is 5.73 Å². The monoisotopic (exact) mass is 468 g/mol. The van der Waals surface area contributed by atoms with Gasteiger partial charge in [0.05, 0.1) is 0 Å². The van der Waals surface area contributed by atoms with Gasteiger partial charge in [0.25, 0.3) is 0 Å². The van der Waals surface area contributed by atoms with E-state index in [1.54, 1.807) is 0 Å². The molecule has 0 atom stereocenters. The summed E-state index contributed by atoms with van der Waals surface area (Å²) in [4.78, 5) is 0. The van der Waals surface area contributed by atoms with Crippen molar-refractivity contribution in [2.24, 2.45) is 0 Å². The van der Waals surface area contributed by atoms with Gasteiger partial charge in [-0.25, -0.2) is 0 Å². The average molecular weight is 469 g/mol. The molecule has 0 spiro atoms. The summed E-state index contributed by atoms with van der Waals surface area (Å²) in [6.45, 7) is 4.40. The standard InChI is InChI=1S/C37H24/c1-22(30-17-13-28-11-9-24-5-3-7-26-15-19-32(30)36(28)34(24)26)21-23(2)31-18-14-29-12-10-25-6-4-8-27-16-20-33(31)37(29)35(25)27/h3-20H,1-2H3. The van der Waals surface area contributed by atoms with Crippen molar-refractivity contribution in [2.75, 3.05) is 0 Å². The first kappa shape index (κ1) is 20.5. The third-order valence-electron chi connectivity index (χ3n) is 8.24. The summed E-state index contributed by atoms with van der Waals surface area (Å²) in [6.07, 6.45) is 0. The van der Waals surface area contributed by atoms with Gasteiger partial charge in [-0.3, -0.25) is 0 Å². The molecule has 0 aromatic heterocycles. The fraction of sp³-hybridized carbons (Fsp3) is 0.0541. The predicted octanol–water partition coefficient (Wildman–Crippen LogP) is 10.6. The number of benzene rings is 8. The Kier molecular flexibility index (Phi) is 4.13. The van der Waals surface area contributed by atoms with Gasteiger partial charge in [0.2, 0.25) is 0 Å². The van der Waals surface area contributed by atoms with E-state index in [9.17, 15) is 0 Å². The molecular formula is C37H24. The molecule has 0 radical (unpaired) electrons. The van der Waals surface area contributed by atoms with Crippen LogP contribution in [0, 0.1) is 0 Å². The third kappa shape index (κ3) is 2.85. The Morgan fingerprint density at radius 2 is 0.703 bits per heavy atom. The first-order valence-electron chi connectivity index (χ1n) is 13.0. The van der Waals surface area contributed by atoms with E-state index in [0.29, 0.717) is 0 Å². The molecule has 37 heavy (non-hydrogen) atoms. The van der Waals surface area contributed by atoms with E-state index in [-0.39, 0.29) is 0 Å². The van der Waals surface area contributed by atoms with Crippen LogP contribution in [0.25, 0.3) is 75.8 Å². The lowest BCUT2D eigenvalue weighted by atomic mass is 9.89. The van der Waals surface area contributed by atoms with Crippen molar-refractivity contribution in [1.29, 1.82) is 0 Å². The van der Waals surface area contributed by atoms with Gasteiger partial charge in [0.15, 0.2) is 0 Å². The summed E-state index contributed by atoms with van der Waals surface area (Å²) < 4.78 is 0. The highest BCUT2D eigenvalue weighted by molar-refractivity contribution is 6.26. The first-order valence-corrected chi connectivity index (χ1v) is 13.0. The molecular weight excluding hydrogens is 444 g/mol. The van der Waals surface area contributed by atoms with E-state index >= 15 is 0 Å². The summed E-state index contributed by atoms with van der Waals surface area (Å²) in [5.41, 5.74) is 8.63. The molecule has 0 aliphatic carbocycles. The van der Waals surface area contributed by atoms with Gasteiger partial charge in [0, 0.05) is 0 Å². The fourth-order valence-corrected chi connectivity index (χ4v) is 6.54. The lowest BCUT2D eigenvalue weighted by Gasteiger charge is -2.14. The highest BCUT2D eigenvalue weighted by Gasteiger charge is 2.13. The van der Waals surface area contributed by atoms with Crippen molar-refractivity contribution in [3.05, 3.63) is 126 Å². The Morgan fingerprint density at radius 3 is 1.11 bits per heavy atom. The molecule has 0 nitrogen and oxygen atoms in total. The molecule has 8 aromatic rings. The Balaban J connectivity index is 1.39. The molecule has 0 bridgehead atoms. The van der Waals surface area contributed by atoms with Crippen molar-refractivity contribution < 1.29 is 0 Å². The summed E-state index contributed by atoms with van der Waals surface area (Å²) >= 11 is 0. The summed E-state index contributed by atoms with van der Waals surface area (Å²) in [7, 11) is 0. The van der Waals surface area contributed by atoms with Crippen LogP contribution >= 0.6 is 0 Å². The Hall–Kier alpha value is -4.64. The average Bonchev–Trinajstić information content (AvgIpc) is 2.94. The van der Waals surface area contributed by atoms with Crippen molar-refractivity contribution in [1.82, 2.24) is 0 Å². The maximum atomic E-state index is 3.79. The second-order valence-corrected chi connectivity index (χ2v) is 10.3. The van der Waals surface area contributed by atoms with Gasteiger partial charge >= 0.3 is 0 Å². The number of hydrogen-bond donors (Lipinski definition) is 0. The van der Waals surface area contributed by atoms with Crippen LogP contribution < -0.4 is 0 Å². The first-order chi connectivity index (χ1) is 18.2. The highest BCUT2D eigenvalue weighted by Crippen LogP contribution is 2.39. The molecule has 0 saturated heterocycles. The quantitative estimate of drug-likeness (QED) is 0.175. The van der Waals surface area contributed by atoms with Gasteiger partial charge < -0.3 is 0 Å². The van der Waals surface area contributed by atoms with E-state index in [4.69, 9.17) is 0 Å². The van der Waals surface area contributed by atoms with Crippen LogP contribution in [0.4, 0.5) is 0 Å². The number of hydrogen-bond acceptors (Lipinski definition) is 0. The maximum absolute atomic E-state index is 3.79. The minimum Gasteiger partial charge on any atom is -0.113 e. The van der Waals surface area contributed by atoms with E-state index < -0.39 is 0 Å². The zero-order valence-electron chi connectivity index (χ0n) is 20.9. The Morgan fingerprint density at radius 1 is 0.378 bits per heavy atom. The van der Waals surface area contributed by atoms with Gasteiger partial charge in [-0.05, 0) is 101 Å². The Labute approximate surface area is 215 Å². The van der Waals surface area contributed by atoms with Crippen LogP contribution in [-0.2, 0) is 0 Å². The molecule has 0 heteroatoms. The summed E-state index contributed by atoms with van der Waals surface area (Å²) in [5, 5.41) is 15.8. The summed E-state index contributed by atoms with van der Waals surface area (Å²) in [5.74, 6) is 0. The molecule has 8 aromatic carbocycles. The molecule has 0 fully saturated rings. The van der Waals surface area contributed by atoms with Gasteiger partial charge in [-0.2, -0.15) is 0 Å². The molecule has 0 unspecified atom stereocenters. The molecule has 0 aliphatic heterocycles. The molecule has 0 aliphatic rings. The number of rotatable bonds is 2. The third-order valence-corrected chi connectivity index (χ3v) is 8.24. The highest BCUT2D eigenvalue weighted by atomic mass is 14.2. The normalized spacial score (nSPS) is 11.9. The predicted molar refractivity (Wildman–Crippen MR) is 162 cm³/mol. The van der Waals surface area contributed by atoms with E-state index in [1.807, 2.05) is 0 Å². The Bertz CT molecular complexity index is 2050. The second-order valence-electron chi connectivity index (χ2n) is 10.3. The zero-order valence-corrected chi connectivity index (χ0v) is 20.9. The van der Waals surface area contributed by atoms with Crippen molar-refractivity contribution in [3.63, 3.8) is 0 Å². The lowest BCUT2D eigenvalue weighted by Crippen LogP contribution is -1.89. The van der Waals surface area contributed by atoms with Crippen LogP contribution in [0.1, 0.15) is 25.0 Å². The van der Waals surface area contributed by atoms with Crippen LogP contribution in [-0.4, -0.2) is 0 Å². The zero-order chi connectivity index (χ0) is 24.7. The lowest BCUT2D eigenvalue weighted by molar-refractivity contribution is 1.61. The molecule has 172 valence electrons. The molecule has 0 amide bonds. The van der Waals surface area contributed by atoms with Crippen molar-refractivity contribution in [2.45, 2.75) is 13.8 Å². The van der Waals surface area contributed by atoms with Crippen molar-refractivity contribution in [3.8, 4) is 0 Å². The second kappa shape index (κ2) is 7.43. The topological polar surface area (TPSA) is 0 Å². The van der Waals surface area contributed by atoms with E-state index in [1.165, 1.54) is 86.9 Å². The van der Waals surface area contributed by atoms with E-state index in [2.05, 4.69) is 129 Å². The van der Waals surface area contributed by atoms with Crippen molar-refractivity contribution >= 4 is 75.8 Å². The minimum absolute atomic E-state index is 1.17. The smallest absolute Gasteiger partial charge is 0.000975 e. The maximum Gasteiger partial charge on any atom is -0.000975 e. The van der Waals surface area contributed by atoms with Gasteiger partial charge in [0.1, 0.15) is 0 Å². The fourth-order valence-electron chi connectivity index (χ4n) is 6.54. The van der Waals surface area contributed by atoms with Crippen LogP contribution in [0.15, 0.2) is 115 Å². The SMILES string of the molecule is CC(=C=C(C)c1ccc2ccc3cccc4ccc1c2c34)c1ccc2ccc3cccc4ccc1c2c34. The largest absolute Gasteiger partial charge is 0.113 e.